The smallest absolute Gasteiger partial charge is 0.310 e. The highest BCUT2D eigenvalue weighted by atomic mass is 16.5. The van der Waals surface area contributed by atoms with Crippen LogP contribution in [0.25, 0.3) is 0 Å². The second kappa shape index (κ2) is 3.21. The van der Waals surface area contributed by atoms with Crippen LogP contribution in [0.1, 0.15) is 40.0 Å². The third-order valence-electron chi connectivity index (χ3n) is 4.56. The van der Waals surface area contributed by atoms with Gasteiger partial charge in [0.05, 0.1) is 18.1 Å². The molecule has 0 aromatic heterocycles. The van der Waals surface area contributed by atoms with Gasteiger partial charge in [-0.3, -0.25) is 4.79 Å². The lowest BCUT2D eigenvalue weighted by atomic mass is 9.86. The molecular formula is C12H20O3. The molecule has 1 N–H and O–H groups in total. The fourth-order valence-electron chi connectivity index (χ4n) is 2.70. The van der Waals surface area contributed by atoms with Gasteiger partial charge in [-0.05, 0) is 25.7 Å². The number of hydrogen-bond acceptors (Lipinski definition) is 2. The lowest BCUT2D eigenvalue weighted by Crippen LogP contribution is -2.26. The minimum atomic E-state index is -0.726. The SMILES string of the molecule is CC1(C)C(C(=O)O)C1(C)OCC1CCC1. The molecule has 0 radical (unpaired) electrons. The van der Waals surface area contributed by atoms with E-state index in [4.69, 9.17) is 9.84 Å². The number of ether oxygens (including phenoxy) is 1. The van der Waals surface area contributed by atoms with Crippen LogP contribution in [0.3, 0.4) is 0 Å². The zero-order valence-corrected chi connectivity index (χ0v) is 9.75. The summed E-state index contributed by atoms with van der Waals surface area (Å²) in [7, 11) is 0. The predicted octanol–water partition coefficient (Wildman–Crippen LogP) is 2.30. The molecule has 0 spiro atoms. The van der Waals surface area contributed by atoms with E-state index >= 15 is 0 Å². The summed E-state index contributed by atoms with van der Waals surface area (Å²) in [5.74, 6) is -0.395. The van der Waals surface area contributed by atoms with E-state index in [9.17, 15) is 4.79 Å². The molecule has 0 amide bonds. The van der Waals surface area contributed by atoms with Gasteiger partial charge in [0.25, 0.3) is 0 Å². The molecule has 0 bridgehead atoms. The van der Waals surface area contributed by atoms with E-state index in [2.05, 4.69) is 0 Å². The average Bonchev–Trinajstić information content (AvgIpc) is 2.42. The van der Waals surface area contributed by atoms with Crippen molar-refractivity contribution in [3.63, 3.8) is 0 Å². The minimum Gasteiger partial charge on any atom is -0.481 e. The van der Waals surface area contributed by atoms with Crippen molar-refractivity contribution in [3.05, 3.63) is 0 Å². The van der Waals surface area contributed by atoms with Crippen LogP contribution in [-0.2, 0) is 9.53 Å². The van der Waals surface area contributed by atoms with Gasteiger partial charge in [0.1, 0.15) is 0 Å². The van der Waals surface area contributed by atoms with Gasteiger partial charge in [0.15, 0.2) is 0 Å². The van der Waals surface area contributed by atoms with Gasteiger partial charge >= 0.3 is 5.97 Å². The molecular weight excluding hydrogens is 192 g/mol. The second-order valence-electron chi connectivity index (χ2n) is 5.71. The van der Waals surface area contributed by atoms with E-state index in [0.717, 1.165) is 6.61 Å². The van der Waals surface area contributed by atoms with Crippen LogP contribution < -0.4 is 0 Å². The summed E-state index contributed by atoms with van der Waals surface area (Å²) < 4.78 is 5.85. The Hall–Kier alpha value is -0.570. The lowest BCUT2D eigenvalue weighted by molar-refractivity contribution is -0.141. The summed E-state index contributed by atoms with van der Waals surface area (Å²) in [5, 5.41) is 9.08. The molecule has 2 atom stereocenters. The van der Waals surface area contributed by atoms with Gasteiger partial charge in [-0.1, -0.05) is 20.3 Å². The molecule has 0 aromatic carbocycles. The predicted molar refractivity (Wildman–Crippen MR) is 56.6 cm³/mol. The van der Waals surface area contributed by atoms with Gasteiger partial charge in [-0.15, -0.1) is 0 Å². The van der Waals surface area contributed by atoms with Crippen molar-refractivity contribution in [2.45, 2.75) is 45.6 Å². The molecule has 2 fully saturated rings. The zero-order valence-electron chi connectivity index (χ0n) is 9.75. The molecule has 2 rings (SSSR count). The molecule has 0 aliphatic heterocycles. The quantitative estimate of drug-likeness (QED) is 0.777. The van der Waals surface area contributed by atoms with E-state index in [-0.39, 0.29) is 11.3 Å². The highest BCUT2D eigenvalue weighted by molar-refractivity contribution is 5.77. The van der Waals surface area contributed by atoms with Gasteiger partial charge < -0.3 is 9.84 Å². The number of rotatable bonds is 4. The van der Waals surface area contributed by atoms with Crippen LogP contribution in [0, 0.1) is 17.3 Å². The summed E-state index contributed by atoms with van der Waals surface area (Å²) in [6, 6.07) is 0. The summed E-state index contributed by atoms with van der Waals surface area (Å²) in [6.07, 6.45) is 3.79. The molecule has 3 heteroatoms. The normalized spacial score (nSPS) is 38.5. The molecule has 0 heterocycles. The maximum atomic E-state index is 11.0. The van der Waals surface area contributed by atoms with E-state index < -0.39 is 11.6 Å². The van der Waals surface area contributed by atoms with Crippen LogP contribution in [0.4, 0.5) is 0 Å². The lowest BCUT2D eigenvalue weighted by Gasteiger charge is -2.27. The molecule has 0 saturated heterocycles. The first-order valence-electron chi connectivity index (χ1n) is 5.76. The van der Waals surface area contributed by atoms with Crippen LogP contribution >= 0.6 is 0 Å². The summed E-state index contributed by atoms with van der Waals surface area (Å²) in [6.45, 7) is 6.63. The Morgan fingerprint density at radius 1 is 1.40 bits per heavy atom. The fourth-order valence-corrected chi connectivity index (χ4v) is 2.70. The highest BCUT2D eigenvalue weighted by Crippen LogP contribution is 2.64. The van der Waals surface area contributed by atoms with Crippen molar-refractivity contribution in [3.8, 4) is 0 Å². The Bertz CT molecular complexity index is 281. The fraction of sp³-hybridized carbons (Fsp3) is 0.917. The number of carboxylic acids is 1. The molecule has 2 aliphatic carbocycles. The summed E-state index contributed by atoms with van der Waals surface area (Å²) in [4.78, 5) is 11.0. The van der Waals surface area contributed by atoms with Crippen molar-refractivity contribution in [1.29, 1.82) is 0 Å². The van der Waals surface area contributed by atoms with Crippen molar-refractivity contribution in [2.24, 2.45) is 17.3 Å². The first-order valence-corrected chi connectivity index (χ1v) is 5.76. The number of aliphatic carboxylic acids is 1. The molecule has 2 saturated carbocycles. The minimum absolute atomic E-state index is 0.220. The van der Waals surface area contributed by atoms with Gasteiger partial charge in [0.2, 0.25) is 0 Å². The average molecular weight is 212 g/mol. The number of carboxylic acid groups (broad SMARTS) is 1. The maximum absolute atomic E-state index is 11.0. The van der Waals surface area contributed by atoms with Crippen molar-refractivity contribution in [2.75, 3.05) is 6.61 Å². The first kappa shape index (κ1) is 10.9. The zero-order chi connectivity index (χ0) is 11.3. The van der Waals surface area contributed by atoms with Gasteiger partial charge in [0, 0.05) is 5.41 Å². The molecule has 0 aromatic rings. The Kier molecular flexibility index (Phi) is 2.34. The molecule has 2 aliphatic rings. The van der Waals surface area contributed by atoms with E-state index in [1.807, 2.05) is 20.8 Å². The third-order valence-corrected chi connectivity index (χ3v) is 4.56. The molecule has 15 heavy (non-hydrogen) atoms. The van der Waals surface area contributed by atoms with E-state index in [0.29, 0.717) is 5.92 Å². The largest absolute Gasteiger partial charge is 0.481 e. The monoisotopic (exact) mass is 212 g/mol. The van der Waals surface area contributed by atoms with Crippen molar-refractivity contribution < 1.29 is 14.6 Å². The number of hydrogen-bond donors (Lipinski definition) is 1. The maximum Gasteiger partial charge on any atom is 0.310 e. The third kappa shape index (κ3) is 1.48. The first-order chi connectivity index (χ1) is 6.89. The van der Waals surface area contributed by atoms with Gasteiger partial charge in [-0.25, -0.2) is 0 Å². The standard InChI is InChI=1S/C12H20O3/c1-11(2)9(10(13)14)12(11,3)15-7-8-5-4-6-8/h8-9H,4-7H2,1-3H3,(H,13,14). The van der Waals surface area contributed by atoms with Crippen LogP contribution in [0.15, 0.2) is 0 Å². The van der Waals surface area contributed by atoms with Crippen LogP contribution in [-0.4, -0.2) is 23.3 Å². The summed E-state index contributed by atoms with van der Waals surface area (Å²) in [5.41, 5.74) is -0.670. The Balaban J connectivity index is 1.92. The van der Waals surface area contributed by atoms with Crippen LogP contribution in [0.2, 0.25) is 0 Å². The highest BCUT2D eigenvalue weighted by Gasteiger charge is 2.73. The van der Waals surface area contributed by atoms with Gasteiger partial charge in [-0.2, -0.15) is 0 Å². The topological polar surface area (TPSA) is 46.5 Å². The Labute approximate surface area is 90.8 Å². The summed E-state index contributed by atoms with van der Waals surface area (Å²) >= 11 is 0. The molecule has 86 valence electrons. The van der Waals surface area contributed by atoms with E-state index in [1.165, 1.54) is 19.3 Å². The van der Waals surface area contributed by atoms with Crippen molar-refractivity contribution in [1.82, 2.24) is 0 Å². The molecule has 2 unspecified atom stereocenters. The van der Waals surface area contributed by atoms with Crippen molar-refractivity contribution >= 4 is 5.97 Å². The Morgan fingerprint density at radius 2 is 2.00 bits per heavy atom. The molecule has 3 nitrogen and oxygen atoms in total. The van der Waals surface area contributed by atoms with E-state index in [1.54, 1.807) is 0 Å². The second-order valence-corrected chi connectivity index (χ2v) is 5.71. The van der Waals surface area contributed by atoms with Crippen LogP contribution in [0.5, 0.6) is 0 Å². The number of carbonyl (C=O) groups is 1. The Morgan fingerprint density at radius 3 is 2.33 bits per heavy atom.